The van der Waals surface area contributed by atoms with Gasteiger partial charge in [-0.15, -0.1) is 12.4 Å². The highest BCUT2D eigenvalue weighted by atomic mass is 35.5. The molecule has 8 heteroatoms. The van der Waals surface area contributed by atoms with E-state index in [2.05, 4.69) is 47.9 Å². The van der Waals surface area contributed by atoms with E-state index >= 15 is 0 Å². The van der Waals surface area contributed by atoms with Crippen molar-refractivity contribution in [2.45, 2.75) is 39.7 Å². The third-order valence-electron chi connectivity index (χ3n) is 5.87. The van der Waals surface area contributed by atoms with Gasteiger partial charge in [-0.05, 0) is 55.5 Å². The van der Waals surface area contributed by atoms with Gasteiger partial charge in [0.2, 0.25) is 0 Å². The molecule has 0 atom stereocenters. The molecule has 0 unspecified atom stereocenters. The van der Waals surface area contributed by atoms with Gasteiger partial charge < -0.3 is 25.1 Å². The maximum absolute atomic E-state index is 12.4. The zero-order valence-corrected chi connectivity index (χ0v) is 18.7. The molecule has 1 aromatic carbocycles. The lowest BCUT2D eigenvalue weighted by Gasteiger charge is -2.13. The molecule has 166 valence electrons. The summed E-state index contributed by atoms with van der Waals surface area (Å²) in [4.78, 5) is 26.5. The molecular formula is C23H28ClN3O4. The number of nitrogens with zero attached hydrogens (tertiary/aromatic N) is 1. The van der Waals surface area contributed by atoms with Gasteiger partial charge in [-0.1, -0.05) is 13.8 Å². The number of aromatic carboxylic acids is 1. The summed E-state index contributed by atoms with van der Waals surface area (Å²) in [5.41, 5.74) is 3.89. The van der Waals surface area contributed by atoms with Crippen molar-refractivity contribution >= 4 is 29.3 Å². The number of pyridine rings is 1. The van der Waals surface area contributed by atoms with Gasteiger partial charge in [-0.3, -0.25) is 4.79 Å². The Morgan fingerprint density at radius 2 is 2.00 bits per heavy atom. The summed E-state index contributed by atoms with van der Waals surface area (Å²) in [5, 5.41) is 24.4. The first-order valence-corrected chi connectivity index (χ1v) is 10.3. The second-order valence-corrected chi connectivity index (χ2v) is 8.48. The van der Waals surface area contributed by atoms with Crippen molar-refractivity contribution < 1.29 is 15.0 Å². The number of fused-ring (bicyclic) bond motifs is 4. The maximum atomic E-state index is 12.4. The summed E-state index contributed by atoms with van der Waals surface area (Å²) in [6.45, 7) is 6.06. The number of aryl methyl sites for hydroxylation is 2. The number of aromatic nitrogens is 2. The van der Waals surface area contributed by atoms with Crippen LogP contribution in [0.2, 0.25) is 0 Å². The molecule has 31 heavy (non-hydrogen) atoms. The number of aromatic hydroxyl groups is 1. The van der Waals surface area contributed by atoms with Crippen LogP contribution in [-0.2, 0) is 26.4 Å². The Hall–Kier alpha value is -2.77. The fourth-order valence-electron chi connectivity index (χ4n) is 4.34. The third-order valence-corrected chi connectivity index (χ3v) is 5.87. The number of benzene rings is 1. The zero-order chi connectivity index (χ0) is 21.6. The van der Waals surface area contributed by atoms with Crippen LogP contribution in [0.15, 0.2) is 23.0 Å². The van der Waals surface area contributed by atoms with Gasteiger partial charge in [-0.25, -0.2) is 4.79 Å². The van der Waals surface area contributed by atoms with Gasteiger partial charge in [-0.2, -0.15) is 0 Å². The Balaban J connectivity index is 0.00000272. The van der Waals surface area contributed by atoms with Crippen molar-refractivity contribution in [3.05, 3.63) is 50.9 Å². The van der Waals surface area contributed by atoms with Crippen LogP contribution in [0.3, 0.4) is 0 Å². The smallest absolute Gasteiger partial charge is 0.345 e. The van der Waals surface area contributed by atoms with E-state index in [1.54, 1.807) is 0 Å². The van der Waals surface area contributed by atoms with Gasteiger partial charge >= 0.3 is 5.97 Å². The predicted molar refractivity (Wildman–Crippen MR) is 123 cm³/mol. The largest absolute Gasteiger partial charge is 0.506 e. The number of nitrogens with one attached hydrogen (secondary N) is 2. The molecule has 0 spiro atoms. The summed E-state index contributed by atoms with van der Waals surface area (Å²) < 4.78 is 2.18. The molecule has 1 aliphatic carbocycles. The Morgan fingerprint density at radius 3 is 2.68 bits per heavy atom. The first-order chi connectivity index (χ1) is 14.3. The van der Waals surface area contributed by atoms with Crippen LogP contribution in [0.25, 0.3) is 22.2 Å². The number of H-pyrrole nitrogens is 1. The van der Waals surface area contributed by atoms with Crippen LogP contribution >= 0.6 is 12.4 Å². The number of carbonyl (C=O) groups is 1. The van der Waals surface area contributed by atoms with E-state index < -0.39 is 22.8 Å². The average Bonchev–Trinajstić information content (AvgIpc) is 2.85. The maximum Gasteiger partial charge on any atom is 0.345 e. The van der Waals surface area contributed by atoms with Gasteiger partial charge in [0.1, 0.15) is 5.75 Å². The van der Waals surface area contributed by atoms with Crippen LogP contribution in [0.4, 0.5) is 0 Å². The molecule has 1 aliphatic rings. The lowest BCUT2D eigenvalue weighted by atomic mass is 9.98. The number of carboxylic acid groups (broad SMARTS) is 1. The molecule has 0 saturated carbocycles. The normalized spacial score (nSPS) is 12.9. The summed E-state index contributed by atoms with van der Waals surface area (Å²) in [6, 6.07) is 6.32. The van der Waals surface area contributed by atoms with Gasteiger partial charge in [0, 0.05) is 41.3 Å². The van der Waals surface area contributed by atoms with Crippen LogP contribution in [0.1, 0.15) is 47.4 Å². The molecule has 2 heterocycles. The Morgan fingerprint density at radius 1 is 1.26 bits per heavy atom. The fraction of sp³-hybridized carbons (Fsp3) is 0.391. The fourth-order valence-corrected chi connectivity index (χ4v) is 4.34. The van der Waals surface area contributed by atoms with E-state index in [1.165, 1.54) is 5.69 Å². The van der Waals surface area contributed by atoms with E-state index in [4.69, 9.17) is 0 Å². The third kappa shape index (κ3) is 4.07. The van der Waals surface area contributed by atoms with E-state index in [1.807, 2.05) is 6.07 Å². The Labute approximate surface area is 186 Å². The minimum Gasteiger partial charge on any atom is -0.506 e. The molecule has 0 bridgehead atoms. The summed E-state index contributed by atoms with van der Waals surface area (Å²) >= 11 is 0. The topological polar surface area (TPSA) is 107 Å². The van der Waals surface area contributed by atoms with Crippen molar-refractivity contribution in [3.63, 3.8) is 0 Å². The van der Waals surface area contributed by atoms with Crippen LogP contribution in [0, 0.1) is 5.92 Å². The standard InChI is InChI=1S/C23H27N3O4.ClH/c1-12(2)10-24-11-15-7-14-8-17-13(9-18(14)26(15)3)5-4-6-16-20(17)25-22(28)19(21(16)27)23(29)30;/h7-9,12,24H,4-6,10-11H2,1-3H3,(H,29,30)(H2,25,27,28);1H. The molecule has 4 N–H and O–H groups in total. The minimum atomic E-state index is -1.42. The van der Waals surface area contributed by atoms with Crippen LogP contribution < -0.4 is 10.9 Å². The lowest BCUT2D eigenvalue weighted by molar-refractivity contribution is 0.0691. The van der Waals surface area contributed by atoms with Crippen molar-refractivity contribution in [2.24, 2.45) is 13.0 Å². The molecule has 0 saturated heterocycles. The predicted octanol–water partition coefficient (Wildman–Crippen LogP) is 3.59. The van der Waals surface area contributed by atoms with E-state index in [-0.39, 0.29) is 12.4 Å². The molecule has 0 radical (unpaired) electrons. The SMILES string of the molecule is CC(C)CNCc1cc2cc3c(cc2n1C)CCCc1c-3[nH]c(=O)c(C(=O)O)c1O.Cl. The summed E-state index contributed by atoms with van der Waals surface area (Å²) in [7, 11) is 2.05. The minimum absolute atomic E-state index is 0. The quantitative estimate of drug-likeness (QED) is 0.480. The van der Waals surface area contributed by atoms with Crippen molar-refractivity contribution in [1.29, 1.82) is 0 Å². The summed E-state index contributed by atoms with van der Waals surface area (Å²) in [6.07, 6.45) is 2.06. The Kier molecular flexibility index (Phi) is 6.48. The van der Waals surface area contributed by atoms with E-state index in [0.717, 1.165) is 48.0 Å². The van der Waals surface area contributed by atoms with E-state index in [0.29, 0.717) is 23.6 Å². The highest BCUT2D eigenvalue weighted by molar-refractivity contribution is 5.93. The number of carboxylic acids is 1. The molecule has 2 aromatic heterocycles. The number of rotatable bonds is 5. The van der Waals surface area contributed by atoms with Gasteiger partial charge in [0.15, 0.2) is 5.56 Å². The number of hydrogen-bond acceptors (Lipinski definition) is 4. The van der Waals surface area contributed by atoms with Crippen molar-refractivity contribution in [2.75, 3.05) is 6.54 Å². The number of halogens is 1. The lowest BCUT2D eigenvalue weighted by Crippen LogP contribution is -2.20. The Bertz CT molecular complexity index is 1210. The molecule has 0 aliphatic heterocycles. The average molecular weight is 446 g/mol. The highest BCUT2D eigenvalue weighted by Gasteiger charge is 2.26. The second-order valence-electron chi connectivity index (χ2n) is 8.48. The van der Waals surface area contributed by atoms with Crippen LogP contribution in [0.5, 0.6) is 5.75 Å². The van der Waals surface area contributed by atoms with Gasteiger partial charge in [0.05, 0.1) is 5.69 Å². The molecular weight excluding hydrogens is 418 g/mol. The van der Waals surface area contributed by atoms with Gasteiger partial charge in [0.25, 0.3) is 5.56 Å². The van der Waals surface area contributed by atoms with E-state index in [9.17, 15) is 19.8 Å². The monoisotopic (exact) mass is 445 g/mol. The zero-order valence-electron chi connectivity index (χ0n) is 17.9. The number of aromatic amines is 1. The van der Waals surface area contributed by atoms with Crippen molar-refractivity contribution in [3.8, 4) is 17.0 Å². The van der Waals surface area contributed by atoms with Crippen LogP contribution in [-0.4, -0.2) is 32.3 Å². The summed E-state index contributed by atoms with van der Waals surface area (Å²) in [5.74, 6) is -1.26. The molecule has 0 fully saturated rings. The second kappa shape index (κ2) is 8.77. The molecule has 0 amide bonds. The van der Waals surface area contributed by atoms with Crippen molar-refractivity contribution in [1.82, 2.24) is 14.9 Å². The highest BCUT2D eigenvalue weighted by Crippen LogP contribution is 2.38. The molecule has 3 aromatic rings. The first kappa shape index (κ1) is 22.9. The molecule has 7 nitrogen and oxygen atoms in total. The number of hydrogen-bond donors (Lipinski definition) is 4. The first-order valence-electron chi connectivity index (χ1n) is 10.3. The molecule has 4 rings (SSSR count).